The molecule has 1 saturated carbocycles. The number of phenols is 1. The summed E-state index contributed by atoms with van der Waals surface area (Å²) in [6.07, 6.45) is 4.56. The van der Waals surface area contributed by atoms with E-state index in [4.69, 9.17) is 0 Å². The Morgan fingerprint density at radius 1 is 1.15 bits per heavy atom. The molecule has 2 aromatic rings. The third kappa shape index (κ3) is 1.36. The van der Waals surface area contributed by atoms with Crippen LogP contribution in [0.4, 0.5) is 0 Å². The van der Waals surface area contributed by atoms with Gasteiger partial charge in [0, 0.05) is 6.42 Å². The monoisotopic (exact) mass is 264 g/mol. The van der Waals surface area contributed by atoms with Gasteiger partial charge in [0.1, 0.15) is 11.5 Å². The molecule has 0 saturated heterocycles. The number of hydrogen-bond donors (Lipinski definition) is 1. The highest BCUT2D eigenvalue weighted by atomic mass is 16.3. The molecule has 0 amide bonds. The quantitative estimate of drug-likeness (QED) is 0.792. The van der Waals surface area contributed by atoms with Crippen molar-refractivity contribution in [3.63, 3.8) is 0 Å². The van der Waals surface area contributed by atoms with Gasteiger partial charge >= 0.3 is 0 Å². The highest BCUT2D eigenvalue weighted by Crippen LogP contribution is 2.44. The van der Waals surface area contributed by atoms with Crippen LogP contribution in [0.25, 0.3) is 22.4 Å². The van der Waals surface area contributed by atoms with Gasteiger partial charge in [-0.3, -0.25) is 4.79 Å². The van der Waals surface area contributed by atoms with Crippen LogP contribution in [0.1, 0.15) is 26.2 Å². The molecular formula is C18H16O2. The summed E-state index contributed by atoms with van der Waals surface area (Å²) in [6, 6.07) is 9.65. The number of rotatable bonds is 0. The lowest BCUT2D eigenvalue weighted by atomic mass is 9.76. The summed E-state index contributed by atoms with van der Waals surface area (Å²) in [7, 11) is 0. The number of carbonyl (C=O) groups excluding carboxylic acids is 1. The zero-order chi connectivity index (χ0) is 13.9. The first kappa shape index (κ1) is 11.7. The van der Waals surface area contributed by atoms with Gasteiger partial charge in [-0.2, -0.15) is 0 Å². The van der Waals surface area contributed by atoms with Gasteiger partial charge in [-0.15, -0.1) is 0 Å². The van der Waals surface area contributed by atoms with Crippen LogP contribution in [0.15, 0.2) is 30.3 Å². The number of fused-ring (bicyclic) bond motifs is 4. The molecule has 100 valence electrons. The van der Waals surface area contributed by atoms with E-state index in [1.54, 1.807) is 12.1 Å². The third-order valence-electron chi connectivity index (χ3n) is 4.97. The third-order valence-corrected chi connectivity index (χ3v) is 4.97. The van der Waals surface area contributed by atoms with E-state index < -0.39 is 0 Å². The zero-order valence-electron chi connectivity index (χ0n) is 11.4. The molecule has 2 heteroatoms. The molecule has 1 fully saturated rings. The summed E-state index contributed by atoms with van der Waals surface area (Å²) in [5.41, 5.74) is 1.02. The number of ketones is 1. The lowest BCUT2D eigenvalue weighted by Gasteiger charge is -2.26. The van der Waals surface area contributed by atoms with Crippen molar-refractivity contribution in [2.45, 2.75) is 26.2 Å². The molecule has 0 aliphatic heterocycles. The molecule has 2 aliphatic carbocycles. The minimum atomic E-state index is -0.280. The van der Waals surface area contributed by atoms with Crippen molar-refractivity contribution in [1.29, 1.82) is 0 Å². The normalized spacial score (nSPS) is 24.4. The van der Waals surface area contributed by atoms with E-state index in [0.717, 1.165) is 23.6 Å². The zero-order valence-corrected chi connectivity index (χ0v) is 11.4. The predicted molar refractivity (Wildman–Crippen MR) is 79.7 cm³/mol. The van der Waals surface area contributed by atoms with Crippen molar-refractivity contribution >= 4 is 28.2 Å². The molecule has 2 aromatic carbocycles. The van der Waals surface area contributed by atoms with Crippen molar-refractivity contribution in [1.82, 2.24) is 0 Å². The van der Waals surface area contributed by atoms with Gasteiger partial charge < -0.3 is 5.11 Å². The summed E-state index contributed by atoms with van der Waals surface area (Å²) >= 11 is 0. The van der Waals surface area contributed by atoms with Crippen molar-refractivity contribution in [3.8, 4) is 5.75 Å². The Labute approximate surface area is 117 Å². The SMILES string of the molecule is C[C@]12CC=c3c(ccc4cc(O)ccc34)=C1CCC2=O. The first-order chi connectivity index (χ1) is 9.59. The van der Waals surface area contributed by atoms with E-state index in [1.165, 1.54) is 16.0 Å². The molecule has 0 unspecified atom stereocenters. The van der Waals surface area contributed by atoms with Gasteiger partial charge in [-0.25, -0.2) is 0 Å². The van der Waals surface area contributed by atoms with E-state index in [1.807, 2.05) is 12.1 Å². The average molecular weight is 264 g/mol. The van der Waals surface area contributed by atoms with Gasteiger partial charge in [0.25, 0.3) is 0 Å². The molecule has 20 heavy (non-hydrogen) atoms. The fourth-order valence-electron chi connectivity index (χ4n) is 3.76. The van der Waals surface area contributed by atoms with E-state index in [2.05, 4.69) is 19.1 Å². The summed E-state index contributed by atoms with van der Waals surface area (Å²) < 4.78 is 0. The molecular weight excluding hydrogens is 248 g/mol. The largest absolute Gasteiger partial charge is 0.508 e. The van der Waals surface area contributed by atoms with Crippen molar-refractivity contribution in [2.75, 3.05) is 0 Å². The van der Waals surface area contributed by atoms with Crippen LogP contribution >= 0.6 is 0 Å². The number of carbonyl (C=O) groups is 1. The van der Waals surface area contributed by atoms with Crippen LogP contribution in [0.5, 0.6) is 5.75 Å². The summed E-state index contributed by atoms with van der Waals surface area (Å²) in [5, 5.41) is 14.3. The summed E-state index contributed by atoms with van der Waals surface area (Å²) in [4.78, 5) is 12.2. The first-order valence-corrected chi connectivity index (χ1v) is 7.08. The molecule has 0 bridgehead atoms. The number of phenolic OH excluding ortho intramolecular Hbond substituents is 1. The Kier molecular flexibility index (Phi) is 2.18. The fourth-order valence-corrected chi connectivity index (χ4v) is 3.76. The molecule has 2 nitrogen and oxygen atoms in total. The average Bonchev–Trinajstić information content (AvgIpc) is 2.74. The molecule has 0 heterocycles. The van der Waals surface area contributed by atoms with Crippen molar-refractivity contribution in [2.24, 2.45) is 5.41 Å². The molecule has 1 atom stereocenters. The molecule has 2 aliphatic rings. The van der Waals surface area contributed by atoms with E-state index >= 15 is 0 Å². The number of aromatic hydroxyl groups is 1. The van der Waals surface area contributed by atoms with Gasteiger partial charge in [0.2, 0.25) is 0 Å². The van der Waals surface area contributed by atoms with Crippen LogP contribution in [0.2, 0.25) is 0 Å². The second-order valence-corrected chi connectivity index (χ2v) is 6.07. The highest BCUT2D eigenvalue weighted by Gasteiger charge is 2.42. The van der Waals surface area contributed by atoms with Gasteiger partial charge in [0.05, 0.1) is 5.41 Å². The smallest absolute Gasteiger partial charge is 0.143 e. The maximum absolute atomic E-state index is 12.2. The van der Waals surface area contributed by atoms with Gasteiger partial charge in [-0.05, 0) is 58.7 Å². The van der Waals surface area contributed by atoms with E-state index in [9.17, 15) is 9.90 Å². The Morgan fingerprint density at radius 3 is 2.85 bits per heavy atom. The second kappa shape index (κ2) is 3.72. The van der Waals surface area contributed by atoms with Gasteiger partial charge in [0.15, 0.2) is 0 Å². The molecule has 1 N–H and O–H groups in total. The summed E-state index contributed by atoms with van der Waals surface area (Å²) in [6.45, 7) is 2.08. The molecule has 0 spiro atoms. The minimum absolute atomic E-state index is 0.280. The fraction of sp³-hybridized carbons (Fsp3) is 0.278. The van der Waals surface area contributed by atoms with Gasteiger partial charge in [-0.1, -0.05) is 24.3 Å². The maximum atomic E-state index is 12.2. The predicted octanol–water partition coefficient (Wildman–Crippen LogP) is 2.25. The van der Waals surface area contributed by atoms with Crippen LogP contribution in [-0.4, -0.2) is 10.9 Å². The summed E-state index contributed by atoms with van der Waals surface area (Å²) in [5.74, 6) is 0.669. The Bertz CT molecular complexity index is 876. The molecule has 0 aromatic heterocycles. The van der Waals surface area contributed by atoms with Crippen LogP contribution in [0, 0.1) is 5.41 Å². The van der Waals surface area contributed by atoms with Crippen LogP contribution < -0.4 is 10.4 Å². The Balaban J connectivity index is 2.16. The highest BCUT2D eigenvalue weighted by molar-refractivity contribution is 6.00. The Hall–Kier alpha value is -2.09. The van der Waals surface area contributed by atoms with E-state index in [0.29, 0.717) is 18.0 Å². The van der Waals surface area contributed by atoms with Crippen LogP contribution in [-0.2, 0) is 4.79 Å². The second-order valence-electron chi connectivity index (χ2n) is 6.07. The minimum Gasteiger partial charge on any atom is -0.508 e. The number of hydrogen-bond acceptors (Lipinski definition) is 2. The number of Topliss-reactive ketones (excluding diaryl/α,β-unsaturated/α-hetero) is 1. The van der Waals surface area contributed by atoms with Crippen molar-refractivity contribution < 1.29 is 9.90 Å². The molecule has 0 radical (unpaired) electrons. The first-order valence-electron chi connectivity index (χ1n) is 7.08. The molecule has 4 rings (SSSR count). The standard InChI is InChI=1S/C18H16O2/c1-18-9-8-14-13-5-3-12(19)10-11(13)2-4-15(14)16(18)6-7-17(18)20/h2-5,8,10,19H,6-7,9H2,1H3/t18-/m0/s1. The Morgan fingerprint density at radius 2 is 2.00 bits per heavy atom. The van der Waals surface area contributed by atoms with E-state index in [-0.39, 0.29) is 5.41 Å². The lowest BCUT2D eigenvalue weighted by molar-refractivity contribution is -0.123. The topological polar surface area (TPSA) is 37.3 Å². The van der Waals surface area contributed by atoms with Crippen molar-refractivity contribution in [3.05, 3.63) is 40.8 Å². The maximum Gasteiger partial charge on any atom is 0.143 e. The van der Waals surface area contributed by atoms with Crippen LogP contribution in [0.3, 0.4) is 0 Å². The number of benzene rings is 2. The lowest BCUT2D eigenvalue weighted by Crippen LogP contribution is -2.38.